The van der Waals surface area contributed by atoms with E-state index in [1.807, 2.05) is 0 Å². The van der Waals surface area contributed by atoms with E-state index in [0.29, 0.717) is 13.0 Å². The zero-order valence-corrected chi connectivity index (χ0v) is 6.96. The number of hydrazine groups is 1. The van der Waals surface area contributed by atoms with Crippen LogP contribution >= 0.6 is 0 Å². The van der Waals surface area contributed by atoms with E-state index in [4.69, 9.17) is 15.7 Å². The number of carbonyl (C=O) groups is 2. The van der Waals surface area contributed by atoms with Crippen LogP contribution in [-0.4, -0.2) is 33.7 Å². The monoisotopic (exact) mass is 164 g/mol. The third-order valence-corrected chi connectivity index (χ3v) is 1.40. The van der Waals surface area contributed by atoms with Crippen molar-refractivity contribution in [3.05, 3.63) is 0 Å². The molecule has 62 valence electrons. The van der Waals surface area contributed by atoms with E-state index in [9.17, 15) is 9.59 Å². The molecular weight excluding hydrogens is 154 g/mol. The SMILES string of the molecule is [B]C(=O)NNCCC(C)C([B])=O. The van der Waals surface area contributed by atoms with Gasteiger partial charge in [0.1, 0.15) is 0 Å². The van der Waals surface area contributed by atoms with Crippen molar-refractivity contribution in [2.24, 2.45) is 5.92 Å². The van der Waals surface area contributed by atoms with Crippen LogP contribution in [0.1, 0.15) is 13.3 Å². The lowest BCUT2D eigenvalue weighted by Gasteiger charge is -2.08. The largest absolute Gasteiger partial charge is 0.312 e. The summed E-state index contributed by atoms with van der Waals surface area (Å²) in [6.45, 7) is 2.18. The zero-order valence-electron chi connectivity index (χ0n) is 6.96. The highest BCUT2D eigenvalue weighted by Gasteiger charge is 2.05. The molecule has 1 unspecified atom stereocenters. The van der Waals surface area contributed by atoms with Crippen molar-refractivity contribution in [3.8, 4) is 0 Å². The van der Waals surface area contributed by atoms with E-state index < -0.39 is 5.81 Å². The van der Waals surface area contributed by atoms with E-state index in [1.165, 1.54) is 0 Å². The number of hydrogen-bond donors (Lipinski definition) is 2. The van der Waals surface area contributed by atoms with Gasteiger partial charge >= 0.3 is 0 Å². The smallest absolute Gasteiger partial charge is 0.202 e. The van der Waals surface area contributed by atoms with Crippen LogP contribution in [-0.2, 0) is 4.79 Å². The molecule has 6 heteroatoms. The molecule has 0 aromatic rings. The lowest BCUT2D eigenvalue weighted by atomic mass is 9.88. The molecule has 0 saturated carbocycles. The van der Waals surface area contributed by atoms with Crippen LogP contribution in [0.15, 0.2) is 0 Å². The molecule has 1 atom stereocenters. The first kappa shape index (κ1) is 11.2. The van der Waals surface area contributed by atoms with Crippen molar-refractivity contribution in [2.45, 2.75) is 13.3 Å². The minimum absolute atomic E-state index is 0.202. The van der Waals surface area contributed by atoms with Crippen LogP contribution in [0.4, 0.5) is 4.79 Å². The number of amides is 1. The molecule has 0 fully saturated rings. The van der Waals surface area contributed by atoms with E-state index in [-0.39, 0.29) is 11.6 Å². The van der Waals surface area contributed by atoms with Gasteiger partial charge < -0.3 is 10.2 Å². The molecule has 2 N–H and O–H groups in total. The first-order chi connectivity index (χ1) is 5.54. The summed E-state index contributed by atoms with van der Waals surface area (Å²) >= 11 is 0. The Bertz CT molecular complexity index is 175. The lowest BCUT2D eigenvalue weighted by molar-refractivity contribution is -0.114. The topological polar surface area (TPSA) is 58.2 Å². The van der Waals surface area contributed by atoms with Crippen LogP contribution in [0.3, 0.4) is 0 Å². The van der Waals surface area contributed by atoms with Gasteiger partial charge in [0, 0.05) is 12.5 Å². The van der Waals surface area contributed by atoms with Gasteiger partial charge in [-0.3, -0.25) is 4.79 Å². The molecule has 0 aliphatic heterocycles. The molecule has 0 bridgehead atoms. The van der Waals surface area contributed by atoms with Crippen LogP contribution in [0, 0.1) is 5.92 Å². The van der Waals surface area contributed by atoms with Crippen molar-refractivity contribution < 1.29 is 9.59 Å². The fourth-order valence-electron chi connectivity index (χ4n) is 0.581. The molecule has 0 heterocycles. The first-order valence-corrected chi connectivity index (χ1v) is 3.61. The average Bonchev–Trinajstić information content (AvgIpc) is 1.97. The number of rotatable bonds is 5. The van der Waals surface area contributed by atoms with E-state index in [0.717, 1.165) is 0 Å². The summed E-state index contributed by atoms with van der Waals surface area (Å²) in [5.74, 6) is -0.853. The third kappa shape index (κ3) is 5.97. The van der Waals surface area contributed by atoms with Gasteiger partial charge in [-0.2, -0.15) is 0 Å². The number of carbonyl (C=O) groups excluding carboxylic acids is 2. The molecule has 0 aromatic carbocycles. The zero-order chi connectivity index (χ0) is 9.56. The fraction of sp³-hybridized carbons (Fsp3) is 0.667. The molecule has 0 aliphatic carbocycles. The average molecular weight is 164 g/mol. The van der Waals surface area contributed by atoms with E-state index in [2.05, 4.69) is 10.9 Å². The second-order valence-corrected chi connectivity index (χ2v) is 2.51. The summed E-state index contributed by atoms with van der Waals surface area (Å²) in [5, 5.41) is 0. The van der Waals surface area contributed by atoms with Gasteiger partial charge in [0.05, 0.1) is 5.68 Å². The van der Waals surface area contributed by atoms with Crippen LogP contribution in [0.25, 0.3) is 0 Å². The van der Waals surface area contributed by atoms with Crippen LogP contribution < -0.4 is 10.9 Å². The van der Waals surface area contributed by atoms with Crippen LogP contribution in [0.2, 0.25) is 0 Å². The molecular formula is C6H10B2N2O2. The van der Waals surface area contributed by atoms with Crippen molar-refractivity contribution >= 4 is 27.2 Å². The van der Waals surface area contributed by atoms with Gasteiger partial charge in [0.2, 0.25) is 7.85 Å². The summed E-state index contributed by atoms with van der Waals surface area (Å²) in [5.41, 5.74) is 4.36. The number of nitrogens with one attached hydrogen (secondary N) is 2. The van der Waals surface area contributed by atoms with Crippen molar-refractivity contribution in [2.75, 3.05) is 6.54 Å². The Morgan fingerprint density at radius 3 is 2.42 bits per heavy atom. The molecule has 4 nitrogen and oxygen atoms in total. The second-order valence-electron chi connectivity index (χ2n) is 2.51. The molecule has 0 aliphatic rings. The summed E-state index contributed by atoms with van der Waals surface area (Å²) in [6.07, 6.45) is 0.565. The van der Waals surface area contributed by atoms with E-state index in [1.54, 1.807) is 6.92 Å². The highest BCUT2D eigenvalue weighted by molar-refractivity contribution is 6.58. The highest BCUT2D eigenvalue weighted by atomic mass is 16.2. The summed E-state index contributed by atoms with van der Waals surface area (Å²) < 4.78 is 0. The molecule has 0 saturated heterocycles. The van der Waals surface area contributed by atoms with Gasteiger partial charge in [-0.25, -0.2) is 5.43 Å². The molecule has 0 rings (SSSR count). The highest BCUT2D eigenvalue weighted by Crippen LogP contribution is 1.98. The number of hydrogen-bond acceptors (Lipinski definition) is 3. The Labute approximate surface area is 74.3 Å². The third-order valence-electron chi connectivity index (χ3n) is 1.40. The molecule has 4 radical (unpaired) electrons. The molecule has 1 amide bonds. The Kier molecular flexibility index (Phi) is 5.45. The fourth-order valence-corrected chi connectivity index (χ4v) is 0.581. The second kappa shape index (κ2) is 5.83. The van der Waals surface area contributed by atoms with Gasteiger partial charge in [0.25, 0.3) is 0 Å². The molecule has 0 aromatic heterocycles. The van der Waals surface area contributed by atoms with E-state index >= 15 is 0 Å². The molecule has 0 spiro atoms. The van der Waals surface area contributed by atoms with Gasteiger partial charge in [0.15, 0.2) is 13.7 Å². The first-order valence-electron chi connectivity index (χ1n) is 3.61. The Hall–Kier alpha value is -0.770. The van der Waals surface area contributed by atoms with Gasteiger partial charge in [-0.15, -0.1) is 0 Å². The Morgan fingerprint density at radius 2 is 2.00 bits per heavy atom. The van der Waals surface area contributed by atoms with Crippen molar-refractivity contribution in [1.82, 2.24) is 10.9 Å². The Balaban J connectivity index is 3.31. The quantitative estimate of drug-likeness (QED) is 0.314. The standard InChI is InChI=1S/C6H10B2N2O2/c1-4(5(7)11)2-3-9-10-6(8)12/h4,9H,2-3H2,1H3,(H,10,12). The predicted octanol–water partition coefficient (Wildman–Crippen LogP) is -0.910. The summed E-state index contributed by atoms with van der Waals surface area (Å²) in [7, 11) is 9.76. The van der Waals surface area contributed by atoms with Crippen molar-refractivity contribution in [1.29, 1.82) is 0 Å². The molecule has 12 heavy (non-hydrogen) atoms. The maximum absolute atomic E-state index is 10.5. The summed E-state index contributed by atoms with van der Waals surface area (Å²) in [4.78, 5) is 20.6. The summed E-state index contributed by atoms with van der Waals surface area (Å²) in [6, 6.07) is 0. The normalized spacial score (nSPS) is 12.1. The maximum atomic E-state index is 10.5. The minimum Gasteiger partial charge on any atom is -0.312 e. The van der Waals surface area contributed by atoms with Crippen molar-refractivity contribution in [3.63, 3.8) is 0 Å². The lowest BCUT2D eigenvalue weighted by Crippen LogP contribution is -2.38. The predicted molar refractivity (Wildman–Crippen MR) is 46.8 cm³/mol. The Morgan fingerprint density at radius 1 is 1.42 bits per heavy atom. The van der Waals surface area contributed by atoms with Gasteiger partial charge in [-0.05, 0) is 6.42 Å². The van der Waals surface area contributed by atoms with Gasteiger partial charge in [-0.1, -0.05) is 6.92 Å². The maximum Gasteiger partial charge on any atom is 0.202 e. The minimum atomic E-state index is -0.651. The van der Waals surface area contributed by atoms with Crippen LogP contribution in [0.5, 0.6) is 0 Å².